The average molecular weight is 376 g/mol. The van der Waals surface area contributed by atoms with Crippen LogP contribution in [0.2, 0.25) is 5.02 Å². The Kier molecular flexibility index (Phi) is 5.18. The standard InChI is InChI=1S/C18H15ClFN3O3/c1-10-6-12(15(20)8-14(10)19)7-17(24)21-13-4-2-11(3-5-13)16-9-26-18(25)23-22-16/h2-6,8H,7,9H2,1H3,(H,21,24)(H,23,25). The van der Waals surface area contributed by atoms with Crippen LogP contribution < -0.4 is 10.7 Å². The zero-order valence-corrected chi connectivity index (χ0v) is 14.6. The molecule has 2 aromatic carbocycles. The molecule has 1 aliphatic heterocycles. The van der Waals surface area contributed by atoms with Crippen LogP contribution in [0.1, 0.15) is 16.7 Å². The largest absolute Gasteiger partial charge is 0.442 e. The van der Waals surface area contributed by atoms with Gasteiger partial charge < -0.3 is 10.1 Å². The smallest absolute Gasteiger partial charge is 0.428 e. The van der Waals surface area contributed by atoms with Gasteiger partial charge in [-0.2, -0.15) is 5.10 Å². The number of cyclic esters (lactones) is 1. The van der Waals surface area contributed by atoms with Crippen LogP contribution >= 0.6 is 11.6 Å². The molecular weight excluding hydrogens is 361 g/mol. The Morgan fingerprint density at radius 3 is 2.73 bits per heavy atom. The molecule has 2 aromatic rings. The van der Waals surface area contributed by atoms with Crippen molar-refractivity contribution in [1.82, 2.24) is 5.43 Å². The summed E-state index contributed by atoms with van der Waals surface area (Å²) in [6.45, 7) is 1.83. The molecule has 8 heteroatoms. The summed E-state index contributed by atoms with van der Waals surface area (Å²) >= 11 is 5.86. The molecule has 1 heterocycles. The first-order valence-corrected chi connectivity index (χ1v) is 8.14. The molecule has 0 unspecified atom stereocenters. The van der Waals surface area contributed by atoms with Gasteiger partial charge in [-0.3, -0.25) is 4.79 Å². The molecule has 3 rings (SSSR count). The van der Waals surface area contributed by atoms with Crippen molar-refractivity contribution < 1.29 is 18.7 Å². The van der Waals surface area contributed by atoms with E-state index < -0.39 is 11.9 Å². The Bertz CT molecular complexity index is 897. The topological polar surface area (TPSA) is 79.8 Å². The van der Waals surface area contributed by atoms with Crippen LogP contribution in [-0.2, 0) is 16.0 Å². The van der Waals surface area contributed by atoms with Crippen LogP contribution in [0.4, 0.5) is 14.9 Å². The van der Waals surface area contributed by atoms with E-state index in [0.29, 0.717) is 22.0 Å². The maximum atomic E-state index is 13.9. The van der Waals surface area contributed by atoms with Gasteiger partial charge in [-0.15, -0.1) is 0 Å². The van der Waals surface area contributed by atoms with E-state index in [4.69, 9.17) is 16.3 Å². The lowest BCUT2D eigenvalue weighted by atomic mass is 10.1. The fourth-order valence-electron chi connectivity index (χ4n) is 2.44. The molecule has 0 fully saturated rings. The zero-order chi connectivity index (χ0) is 18.7. The van der Waals surface area contributed by atoms with Crippen LogP contribution in [-0.4, -0.2) is 24.3 Å². The number of hydrazone groups is 1. The lowest BCUT2D eigenvalue weighted by Gasteiger charge is -2.13. The van der Waals surface area contributed by atoms with Gasteiger partial charge in [-0.05, 0) is 36.2 Å². The maximum absolute atomic E-state index is 13.9. The molecule has 0 atom stereocenters. The maximum Gasteiger partial charge on any atom is 0.428 e. The van der Waals surface area contributed by atoms with Crippen LogP contribution in [0.25, 0.3) is 0 Å². The minimum atomic E-state index is -0.595. The lowest BCUT2D eigenvalue weighted by Crippen LogP contribution is -2.30. The van der Waals surface area contributed by atoms with Gasteiger partial charge in [0.1, 0.15) is 18.1 Å². The van der Waals surface area contributed by atoms with E-state index in [0.717, 1.165) is 5.56 Å². The summed E-state index contributed by atoms with van der Waals surface area (Å²) in [4.78, 5) is 23.1. The van der Waals surface area contributed by atoms with Crippen molar-refractivity contribution >= 4 is 35.0 Å². The van der Waals surface area contributed by atoms with Crippen LogP contribution in [0.5, 0.6) is 0 Å². The SMILES string of the molecule is Cc1cc(CC(=O)Nc2ccc(C3=NNC(=O)OC3)cc2)c(F)cc1Cl. The lowest BCUT2D eigenvalue weighted by molar-refractivity contribution is -0.115. The highest BCUT2D eigenvalue weighted by molar-refractivity contribution is 6.31. The van der Waals surface area contributed by atoms with E-state index in [1.807, 2.05) is 0 Å². The second kappa shape index (κ2) is 7.53. The van der Waals surface area contributed by atoms with E-state index >= 15 is 0 Å². The fraction of sp³-hybridized carbons (Fsp3) is 0.167. The van der Waals surface area contributed by atoms with Crippen LogP contribution in [0, 0.1) is 12.7 Å². The Morgan fingerprint density at radius 2 is 2.08 bits per heavy atom. The molecule has 26 heavy (non-hydrogen) atoms. The van der Waals surface area contributed by atoms with E-state index in [-0.39, 0.29) is 24.5 Å². The summed E-state index contributed by atoms with van der Waals surface area (Å²) in [5, 5.41) is 6.94. The summed E-state index contributed by atoms with van der Waals surface area (Å²) in [5.74, 6) is -0.854. The number of amides is 2. The third-order valence-electron chi connectivity index (χ3n) is 3.80. The van der Waals surface area contributed by atoms with E-state index in [2.05, 4.69) is 15.8 Å². The molecule has 0 aliphatic carbocycles. The summed E-state index contributed by atoms with van der Waals surface area (Å²) in [6, 6.07) is 9.63. The van der Waals surface area contributed by atoms with Gasteiger partial charge in [-0.1, -0.05) is 29.8 Å². The molecule has 1 aliphatic rings. The molecular formula is C18H15ClFN3O3. The normalized spacial score (nSPS) is 13.5. The summed E-state index contributed by atoms with van der Waals surface area (Å²) < 4.78 is 18.7. The number of carbonyl (C=O) groups is 2. The average Bonchev–Trinajstić information content (AvgIpc) is 2.61. The van der Waals surface area contributed by atoms with Gasteiger partial charge in [0.2, 0.25) is 5.91 Å². The number of carbonyl (C=O) groups excluding carboxylic acids is 2. The third kappa shape index (κ3) is 4.18. The van der Waals surface area contributed by atoms with Crippen molar-refractivity contribution in [3.63, 3.8) is 0 Å². The van der Waals surface area contributed by atoms with Crippen molar-refractivity contribution in [2.75, 3.05) is 11.9 Å². The second-order valence-corrected chi connectivity index (χ2v) is 6.15. The first-order chi connectivity index (χ1) is 12.4. The predicted octanol–water partition coefficient (Wildman–Crippen LogP) is 3.41. The molecule has 134 valence electrons. The highest BCUT2D eigenvalue weighted by atomic mass is 35.5. The number of rotatable bonds is 4. The molecule has 0 aromatic heterocycles. The first-order valence-electron chi connectivity index (χ1n) is 7.76. The van der Waals surface area contributed by atoms with Gasteiger partial charge in [-0.25, -0.2) is 14.6 Å². The summed E-state index contributed by atoms with van der Waals surface area (Å²) in [6.07, 6.45) is -0.694. The Balaban J connectivity index is 1.65. The summed E-state index contributed by atoms with van der Waals surface area (Å²) in [7, 11) is 0. The molecule has 0 radical (unpaired) electrons. The number of halogens is 2. The molecule has 0 saturated heterocycles. The quantitative estimate of drug-likeness (QED) is 0.859. The fourth-order valence-corrected chi connectivity index (χ4v) is 2.59. The third-order valence-corrected chi connectivity index (χ3v) is 4.21. The van der Waals surface area contributed by atoms with E-state index in [1.165, 1.54) is 6.07 Å². The van der Waals surface area contributed by atoms with E-state index in [9.17, 15) is 14.0 Å². The van der Waals surface area contributed by atoms with Gasteiger partial charge in [0.25, 0.3) is 0 Å². The highest BCUT2D eigenvalue weighted by Gasteiger charge is 2.14. The zero-order valence-electron chi connectivity index (χ0n) is 13.8. The number of aryl methyl sites for hydroxylation is 1. The number of anilines is 1. The van der Waals surface area contributed by atoms with Crippen molar-refractivity contribution in [3.05, 3.63) is 63.9 Å². The minimum Gasteiger partial charge on any atom is -0.442 e. The van der Waals surface area contributed by atoms with Gasteiger partial charge >= 0.3 is 6.09 Å². The highest BCUT2D eigenvalue weighted by Crippen LogP contribution is 2.21. The number of hydrogen-bond donors (Lipinski definition) is 2. The second-order valence-electron chi connectivity index (χ2n) is 5.74. The van der Waals surface area contributed by atoms with Crippen molar-refractivity contribution in [1.29, 1.82) is 0 Å². The summed E-state index contributed by atoms with van der Waals surface area (Å²) in [5.41, 5.74) is 5.11. The number of hydrogen-bond acceptors (Lipinski definition) is 4. The van der Waals surface area contributed by atoms with Crippen molar-refractivity contribution in [3.8, 4) is 0 Å². The number of ether oxygens (including phenoxy) is 1. The van der Waals surface area contributed by atoms with Crippen molar-refractivity contribution in [2.24, 2.45) is 5.10 Å². The molecule has 0 saturated carbocycles. The number of nitrogens with zero attached hydrogens (tertiary/aromatic N) is 1. The monoisotopic (exact) mass is 375 g/mol. The van der Waals surface area contributed by atoms with Crippen molar-refractivity contribution in [2.45, 2.75) is 13.3 Å². The molecule has 0 bridgehead atoms. The van der Waals surface area contributed by atoms with E-state index in [1.54, 1.807) is 37.3 Å². The first kappa shape index (κ1) is 17.9. The molecule has 6 nitrogen and oxygen atoms in total. The molecule has 2 N–H and O–H groups in total. The Labute approximate surface area is 154 Å². The molecule has 0 spiro atoms. The number of nitrogens with one attached hydrogen (secondary N) is 2. The minimum absolute atomic E-state index is 0.0761. The van der Waals surface area contributed by atoms with Gasteiger partial charge in [0, 0.05) is 16.3 Å². The van der Waals surface area contributed by atoms with Crippen LogP contribution in [0.15, 0.2) is 41.5 Å². The Hall–Kier alpha value is -2.93. The predicted molar refractivity (Wildman–Crippen MR) is 95.9 cm³/mol. The number of benzene rings is 2. The van der Waals surface area contributed by atoms with Crippen LogP contribution in [0.3, 0.4) is 0 Å². The molecule has 2 amide bonds. The Morgan fingerprint density at radius 1 is 1.35 bits per heavy atom. The van der Waals surface area contributed by atoms with Gasteiger partial charge in [0.05, 0.1) is 6.42 Å². The van der Waals surface area contributed by atoms with Gasteiger partial charge in [0.15, 0.2) is 0 Å².